The highest BCUT2D eigenvalue weighted by Gasteiger charge is 2.25. The summed E-state index contributed by atoms with van der Waals surface area (Å²) in [4.78, 5) is 33.2. The molecule has 7 heteroatoms. The fourth-order valence-electron chi connectivity index (χ4n) is 1.93. The van der Waals surface area contributed by atoms with Crippen molar-refractivity contribution < 1.29 is 9.59 Å². The fraction of sp³-hybridized carbons (Fsp3) is 0.231. The third-order valence-corrected chi connectivity index (χ3v) is 3.81. The topological polar surface area (TPSA) is 75.2 Å². The number of urea groups is 1. The quantitative estimate of drug-likeness (QED) is 0.861. The summed E-state index contributed by atoms with van der Waals surface area (Å²) in [6.45, 7) is 0.951. The summed E-state index contributed by atoms with van der Waals surface area (Å²) in [5, 5.41) is 3.28. The van der Waals surface area contributed by atoms with E-state index in [1.807, 2.05) is 24.3 Å². The van der Waals surface area contributed by atoms with Crippen LogP contribution < -0.4 is 5.32 Å². The number of nitrogens with zero attached hydrogens (tertiary/aromatic N) is 3. The fourth-order valence-corrected chi connectivity index (χ4v) is 2.65. The highest BCUT2D eigenvalue weighted by molar-refractivity contribution is 7.99. The number of hydrogen-bond acceptors (Lipinski definition) is 5. The molecule has 1 aliphatic rings. The van der Waals surface area contributed by atoms with Gasteiger partial charge in [-0.05, 0) is 12.1 Å². The molecule has 20 heavy (non-hydrogen) atoms. The van der Waals surface area contributed by atoms with Crippen molar-refractivity contribution in [1.29, 1.82) is 0 Å². The Kier molecular flexibility index (Phi) is 3.51. The van der Waals surface area contributed by atoms with Gasteiger partial charge < -0.3 is 5.32 Å². The van der Waals surface area contributed by atoms with Crippen molar-refractivity contribution >= 4 is 34.7 Å². The molecular formula is C13H12N4O2S. The molecule has 0 unspecified atom stereocenters. The zero-order valence-electron chi connectivity index (χ0n) is 10.6. The number of hydrogen-bond donors (Lipinski definition) is 1. The zero-order chi connectivity index (χ0) is 13.9. The number of thioether (sulfide) groups is 1. The first-order valence-corrected chi connectivity index (χ1v) is 7.15. The summed E-state index contributed by atoms with van der Waals surface area (Å²) >= 11 is 1.29. The van der Waals surface area contributed by atoms with Crippen LogP contribution >= 0.6 is 11.8 Å². The zero-order valence-corrected chi connectivity index (χ0v) is 11.4. The third kappa shape index (κ3) is 2.57. The van der Waals surface area contributed by atoms with Gasteiger partial charge in [0.25, 0.3) is 0 Å². The lowest BCUT2D eigenvalue weighted by atomic mass is 10.3. The minimum absolute atomic E-state index is 0.181. The summed E-state index contributed by atoms with van der Waals surface area (Å²) in [7, 11) is 0. The van der Waals surface area contributed by atoms with Gasteiger partial charge in [0, 0.05) is 13.1 Å². The van der Waals surface area contributed by atoms with E-state index >= 15 is 0 Å². The van der Waals surface area contributed by atoms with Crippen LogP contribution in [0.15, 0.2) is 35.5 Å². The molecule has 0 bridgehead atoms. The lowest BCUT2D eigenvalue weighted by Gasteiger charge is -2.11. The number of fused-ring (bicyclic) bond motifs is 1. The predicted octanol–water partition coefficient (Wildman–Crippen LogP) is 1.27. The van der Waals surface area contributed by atoms with Crippen LogP contribution in [0.25, 0.3) is 11.0 Å². The minimum Gasteiger partial charge on any atom is -0.336 e. The second-order valence-corrected chi connectivity index (χ2v) is 5.26. The Morgan fingerprint density at radius 2 is 2.15 bits per heavy atom. The molecule has 1 fully saturated rings. The van der Waals surface area contributed by atoms with E-state index in [1.165, 1.54) is 16.7 Å². The molecule has 1 aromatic carbocycles. The van der Waals surface area contributed by atoms with E-state index in [1.54, 1.807) is 6.20 Å². The number of carbonyl (C=O) groups is 2. The standard InChI is InChI=1S/C13H12N4O2S/c18-12(17-6-5-14-13(17)19)8-20-11-7-15-9-3-1-2-4-10(9)16-11/h1-4,7H,5-6,8H2,(H,14,19). The summed E-state index contributed by atoms with van der Waals surface area (Å²) in [5.74, 6) is -0.0274. The number of carbonyl (C=O) groups excluding carboxylic acids is 2. The highest BCUT2D eigenvalue weighted by Crippen LogP contribution is 2.18. The number of rotatable bonds is 3. The van der Waals surface area contributed by atoms with Gasteiger partial charge in [-0.3, -0.25) is 14.7 Å². The molecule has 0 saturated carbocycles. The second kappa shape index (κ2) is 5.46. The number of imide groups is 1. The number of nitrogens with one attached hydrogen (secondary N) is 1. The summed E-state index contributed by atoms with van der Waals surface area (Å²) < 4.78 is 0. The summed E-state index contributed by atoms with van der Waals surface area (Å²) in [5.41, 5.74) is 1.62. The van der Waals surface area contributed by atoms with Gasteiger partial charge >= 0.3 is 6.03 Å². The van der Waals surface area contributed by atoms with Gasteiger partial charge in [0.15, 0.2) is 0 Å². The van der Waals surface area contributed by atoms with E-state index in [0.29, 0.717) is 18.1 Å². The number of benzene rings is 1. The predicted molar refractivity (Wildman–Crippen MR) is 75.4 cm³/mol. The molecule has 0 radical (unpaired) electrons. The smallest absolute Gasteiger partial charge is 0.324 e. The average molecular weight is 288 g/mol. The van der Waals surface area contributed by atoms with E-state index in [2.05, 4.69) is 15.3 Å². The van der Waals surface area contributed by atoms with Gasteiger partial charge in [0.05, 0.1) is 23.0 Å². The molecule has 1 aliphatic heterocycles. The molecular weight excluding hydrogens is 276 g/mol. The van der Waals surface area contributed by atoms with Gasteiger partial charge in [-0.15, -0.1) is 0 Å². The first kappa shape index (κ1) is 12.9. The molecule has 1 aromatic heterocycles. The van der Waals surface area contributed by atoms with E-state index < -0.39 is 0 Å². The molecule has 3 rings (SSSR count). The second-order valence-electron chi connectivity index (χ2n) is 4.26. The van der Waals surface area contributed by atoms with Crippen molar-refractivity contribution in [2.24, 2.45) is 0 Å². The lowest BCUT2D eigenvalue weighted by molar-refractivity contribution is -0.124. The van der Waals surface area contributed by atoms with Crippen LogP contribution in [0.4, 0.5) is 4.79 Å². The van der Waals surface area contributed by atoms with E-state index in [4.69, 9.17) is 0 Å². The normalized spacial score (nSPS) is 14.6. The van der Waals surface area contributed by atoms with Crippen LogP contribution in [0.1, 0.15) is 0 Å². The van der Waals surface area contributed by atoms with Gasteiger partial charge in [-0.2, -0.15) is 0 Å². The number of para-hydroxylation sites is 2. The van der Waals surface area contributed by atoms with Crippen molar-refractivity contribution in [1.82, 2.24) is 20.2 Å². The molecule has 0 aliphatic carbocycles. The minimum atomic E-state index is -0.319. The van der Waals surface area contributed by atoms with E-state index in [0.717, 1.165) is 11.0 Å². The van der Waals surface area contributed by atoms with Gasteiger partial charge in [-0.1, -0.05) is 23.9 Å². The third-order valence-electron chi connectivity index (χ3n) is 2.93. The molecule has 2 aromatic rings. The molecule has 0 spiro atoms. The Labute approximate surface area is 119 Å². The molecule has 2 heterocycles. The van der Waals surface area contributed by atoms with E-state index in [9.17, 15) is 9.59 Å². The van der Waals surface area contributed by atoms with Gasteiger partial charge in [0.2, 0.25) is 5.91 Å². The van der Waals surface area contributed by atoms with Crippen molar-refractivity contribution in [2.75, 3.05) is 18.8 Å². The maximum atomic E-state index is 11.9. The molecule has 3 amide bonds. The monoisotopic (exact) mass is 288 g/mol. The first-order chi connectivity index (χ1) is 9.74. The number of aromatic nitrogens is 2. The molecule has 102 valence electrons. The molecule has 1 saturated heterocycles. The maximum Gasteiger partial charge on any atom is 0.324 e. The SMILES string of the molecule is O=C(CSc1cnc2ccccc2n1)N1CCNC1=O. The van der Waals surface area contributed by atoms with Gasteiger partial charge in [0.1, 0.15) is 5.03 Å². The lowest BCUT2D eigenvalue weighted by Crippen LogP contribution is -2.35. The van der Waals surface area contributed by atoms with Crippen molar-refractivity contribution in [3.8, 4) is 0 Å². The first-order valence-electron chi connectivity index (χ1n) is 6.17. The average Bonchev–Trinajstić information content (AvgIpc) is 2.91. The van der Waals surface area contributed by atoms with Crippen molar-refractivity contribution in [3.63, 3.8) is 0 Å². The van der Waals surface area contributed by atoms with Crippen LogP contribution in [0.5, 0.6) is 0 Å². The summed E-state index contributed by atoms with van der Waals surface area (Å²) in [6.07, 6.45) is 1.64. The Balaban J connectivity index is 1.67. The largest absolute Gasteiger partial charge is 0.336 e. The maximum absolute atomic E-state index is 11.9. The van der Waals surface area contributed by atoms with Crippen LogP contribution in [0.2, 0.25) is 0 Å². The Hall–Kier alpha value is -2.15. The van der Waals surface area contributed by atoms with Crippen LogP contribution in [-0.4, -0.2) is 45.6 Å². The van der Waals surface area contributed by atoms with E-state index in [-0.39, 0.29) is 17.7 Å². The Bertz CT molecular complexity index is 676. The molecule has 0 atom stereocenters. The van der Waals surface area contributed by atoms with Crippen LogP contribution in [-0.2, 0) is 4.79 Å². The Morgan fingerprint density at radius 1 is 1.35 bits per heavy atom. The summed E-state index contributed by atoms with van der Waals surface area (Å²) in [6, 6.07) is 7.24. The Morgan fingerprint density at radius 3 is 2.90 bits per heavy atom. The van der Waals surface area contributed by atoms with Crippen LogP contribution in [0.3, 0.4) is 0 Å². The van der Waals surface area contributed by atoms with Crippen LogP contribution in [0, 0.1) is 0 Å². The molecule has 6 nitrogen and oxygen atoms in total. The van der Waals surface area contributed by atoms with Crippen molar-refractivity contribution in [3.05, 3.63) is 30.5 Å². The highest BCUT2D eigenvalue weighted by atomic mass is 32.2. The number of amides is 3. The van der Waals surface area contributed by atoms with Crippen molar-refractivity contribution in [2.45, 2.75) is 5.03 Å². The molecule has 1 N–H and O–H groups in total. The van der Waals surface area contributed by atoms with Gasteiger partial charge in [-0.25, -0.2) is 9.78 Å².